The van der Waals surface area contributed by atoms with Crippen LogP contribution in [0.3, 0.4) is 0 Å². The molecule has 0 N–H and O–H groups in total. The Morgan fingerprint density at radius 3 is 1.59 bits per heavy atom. The van der Waals surface area contributed by atoms with E-state index in [1.165, 1.54) is 17.5 Å². The standard InChI is InChI=1S/C13H9.C11H17.2HI.Zr/c1-3-7-12-10(5-1)9-11-6-2-4-8-13(11)12;1-6-11-9(4)7(2)8(3)10(11)5;;;/h1-9H;6H2,1-5H3;2*1H;/q;;;;+2/p-2. The third kappa shape index (κ3) is 2.66. The van der Waals surface area contributed by atoms with E-state index >= 15 is 0 Å². The zero-order chi connectivity index (χ0) is 19.6. The zero-order valence-corrected chi connectivity index (χ0v) is 23.4. The van der Waals surface area contributed by atoms with E-state index < -0.39 is 11.9 Å². The van der Waals surface area contributed by atoms with Gasteiger partial charge in [0.15, 0.2) is 0 Å². The molecule has 3 heteroatoms. The van der Waals surface area contributed by atoms with E-state index in [0.717, 1.165) is 0 Å². The van der Waals surface area contributed by atoms with Crippen LogP contribution in [0, 0.1) is 0 Å². The van der Waals surface area contributed by atoms with E-state index in [1.807, 2.05) is 0 Å². The van der Waals surface area contributed by atoms with Crippen molar-refractivity contribution in [3.8, 4) is 11.1 Å². The first-order chi connectivity index (χ1) is 12.8. The van der Waals surface area contributed by atoms with Gasteiger partial charge in [-0.05, 0) is 0 Å². The molecular weight excluding hydrogens is 633 g/mol. The van der Waals surface area contributed by atoms with Crippen LogP contribution in [0.15, 0.2) is 70.8 Å². The Kier molecular flexibility index (Phi) is 5.47. The number of halogens is 2. The average molecular weight is 660 g/mol. The van der Waals surface area contributed by atoms with E-state index in [4.69, 9.17) is 0 Å². The first kappa shape index (κ1) is 20.5. The molecule has 4 rings (SSSR count). The van der Waals surface area contributed by atoms with Crippen molar-refractivity contribution < 1.29 is 11.9 Å². The van der Waals surface area contributed by atoms with Crippen molar-refractivity contribution in [2.24, 2.45) is 0 Å². The maximum absolute atomic E-state index is 3.01. The second kappa shape index (κ2) is 7.20. The molecule has 0 unspecified atom stereocenters. The van der Waals surface area contributed by atoms with Crippen LogP contribution in [0.4, 0.5) is 0 Å². The van der Waals surface area contributed by atoms with Crippen molar-refractivity contribution in [3.05, 3.63) is 82.0 Å². The first-order valence-electron chi connectivity index (χ1n) is 9.71. The zero-order valence-electron chi connectivity index (χ0n) is 16.7. The normalized spacial score (nSPS) is 18.9. The van der Waals surface area contributed by atoms with E-state index in [9.17, 15) is 0 Å². The van der Waals surface area contributed by atoms with Gasteiger partial charge in [0.05, 0.1) is 0 Å². The molecule has 0 amide bonds. The number of allylic oxidation sites excluding steroid dienone is 4. The molecular formula is C24H26I2Zr. The molecule has 0 fully saturated rings. The average Bonchev–Trinajstić information content (AvgIpc) is 3.09. The van der Waals surface area contributed by atoms with Gasteiger partial charge < -0.3 is 0 Å². The fourth-order valence-corrected chi connectivity index (χ4v) is 36.5. The molecule has 0 aliphatic heterocycles. The van der Waals surface area contributed by atoms with Crippen molar-refractivity contribution in [2.45, 2.75) is 47.8 Å². The van der Waals surface area contributed by atoms with E-state index in [2.05, 4.69) is 119 Å². The number of hydrogen-bond donors (Lipinski definition) is 0. The maximum atomic E-state index is 3.01. The summed E-state index contributed by atoms with van der Waals surface area (Å²) < 4.78 is 0.885. The van der Waals surface area contributed by atoms with Crippen LogP contribution in [0.2, 0.25) is 3.12 Å². The SMILES string of the molecule is CC[C]1([Zr]([I])([I])[CH]2c3ccccc3-c3ccccc32)C(C)=C(C)C(C)=C1C. The second-order valence-electron chi connectivity index (χ2n) is 7.99. The Labute approximate surface area is 186 Å². The number of benzene rings is 2. The van der Waals surface area contributed by atoms with E-state index in [1.54, 1.807) is 33.4 Å². The van der Waals surface area contributed by atoms with Gasteiger partial charge in [0.25, 0.3) is 0 Å². The Morgan fingerprint density at radius 1 is 0.778 bits per heavy atom. The molecule has 2 aromatic rings. The second-order valence-corrected chi connectivity index (χ2v) is 46.9. The van der Waals surface area contributed by atoms with Crippen molar-refractivity contribution in [1.82, 2.24) is 0 Å². The van der Waals surface area contributed by atoms with E-state index in [-0.39, 0.29) is 0 Å². The van der Waals surface area contributed by atoms with Crippen LogP contribution in [0.25, 0.3) is 11.1 Å². The molecule has 0 bridgehead atoms. The van der Waals surface area contributed by atoms with E-state index in [0.29, 0.717) is 6.75 Å². The summed E-state index contributed by atoms with van der Waals surface area (Å²) >= 11 is 3.16. The Bertz CT molecular complexity index is 927. The third-order valence-corrected chi connectivity index (χ3v) is 34.3. The van der Waals surface area contributed by atoms with Crippen LogP contribution in [0.5, 0.6) is 0 Å². The summed E-state index contributed by atoms with van der Waals surface area (Å²) in [4.78, 5) is 0. The minimum absolute atomic E-state index is 0.291. The minimum atomic E-state index is -2.85. The molecule has 27 heavy (non-hydrogen) atoms. The van der Waals surface area contributed by atoms with Crippen molar-refractivity contribution in [3.63, 3.8) is 0 Å². The van der Waals surface area contributed by atoms with Gasteiger partial charge in [0, 0.05) is 0 Å². The molecule has 140 valence electrons. The molecule has 0 saturated heterocycles. The topological polar surface area (TPSA) is 0 Å². The van der Waals surface area contributed by atoms with Gasteiger partial charge >= 0.3 is 189 Å². The van der Waals surface area contributed by atoms with Crippen LogP contribution < -0.4 is 0 Å². The quantitative estimate of drug-likeness (QED) is 0.289. The molecule has 2 aromatic carbocycles. The fraction of sp³-hybridized carbons (Fsp3) is 0.333. The monoisotopic (exact) mass is 658 g/mol. The van der Waals surface area contributed by atoms with Crippen molar-refractivity contribution in [1.29, 1.82) is 0 Å². The number of hydrogen-bond acceptors (Lipinski definition) is 0. The van der Waals surface area contributed by atoms with Gasteiger partial charge in [-0.15, -0.1) is 0 Å². The molecule has 0 saturated carbocycles. The van der Waals surface area contributed by atoms with Crippen LogP contribution >= 0.6 is 36.1 Å². The summed E-state index contributed by atoms with van der Waals surface area (Å²) in [5, 5.41) is 0. The summed E-state index contributed by atoms with van der Waals surface area (Å²) in [5.74, 6) is 0. The van der Waals surface area contributed by atoms with Crippen LogP contribution in [0.1, 0.15) is 55.8 Å². The predicted molar refractivity (Wildman–Crippen MR) is 131 cm³/mol. The predicted octanol–water partition coefficient (Wildman–Crippen LogP) is 8.87. The van der Waals surface area contributed by atoms with Gasteiger partial charge in [0.1, 0.15) is 0 Å². The molecule has 0 heterocycles. The Morgan fingerprint density at radius 2 is 1.19 bits per heavy atom. The Balaban J connectivity index is 2.01. The summed E-state index contributed by atoms with van der Waals surface area (Å²) in [5.41, 5.74) is 12.5. The van der Waals surface area contributed by atoms with Gasteiger partial charge in [-0.3, -0.25) is 0 Å². The summed E-state index contributed by atoms with van der Waals surface area (Å²) in [6, 6.07) is 18.3. The van der Waals surface area contributed by atoms with Crippen LogP contribution in [-0.2, 0) is 11.9 Å². The summed E-state index contributed by atoms with van der Waals surface area (Å²) in [6.45, 7) is 12.0. The van der Waals surface area contributed by atoms with Crippen molar-refractivity contribution in [2.75, 3.05) is 0 Å². The molecule has 0 spiro atoms. The summed E-state index contributed by atoms with van der Waals surface area (Å²) in [6.07, 6.45) is 1.22. The molecule has 0 nitrogen and oxygen atoms in total. The number of rotatable bonds is 3. The molecule has 2 aliphatic rings. The first-order valence-corrected chi connectivity index (χ1v) is 27.0. The Hall–Kier alpha value is 0.263. The van der Waals surface area contributed by atoms with Gasteiger partial charge in [0.2, 0.25) is 0 Å². The fourth-order valence-electron chi connectivity index (χ4n) is 5.54. The summed E-state index contributed by atoms with van der Waals surface area (Å²) in [7, 11) is 0. The third-order valence-electron chi connectivity index (χ3n) is 7.26. The molecule has 0 atom stereocenters. The van der Waals surface area contributed by atoms with Crippen molar-refractivity contribution >= 4 is 36.1 Å². The van der Waals surface area contributed by atoms with Gasteiger partial charge in [-0.25, -0.2) is 0 Å². The van der Waals surface area contributed by atoms with Gasteiger partial charge in [-0.1, -0.05) is 0 Å². The number of fused-ring (bicyclic) bond motifs is 3. The molecule has 0 radical (unpaired) electrons. The van der Waals surface area contributed by atoms with Crippen LogP contribution in [-0.4, -0.2) is 0 Å². The van der Waals surface area contributed by atoms with Gasteiger partial charge in [-0.2, -0.15) is 0 Å². The molecule has 2 aliphatic carbocycles. The molecule has 0 aromatic heterocycles.